The third kappa shape index (κ3) is 4.41. The van der Waals surface area contributed by atoms with Gasteiger partial charge in [0.1, 0.15) is 0 Å². The van der Waals surface area contributed by atoms with Crippen LogP contribution in [0.4, 0.5) is 0 Å². The summed E-state index contributed by atoms with van der Waals surface area (Å²) in [7, 11) is 0. The Hall–Kier alpha value is -0.380. The zero-order chi connectivity index (χ0) is 11.9. The van der Waals surface area contributed by atoms with Gasteiger partial charge in [0.05, 0.1) is 6.10 Å². The van der Waals surface area contributed by atoms with Crippen molar-refractivity contribution < 1.29 is 5.11 Å². The molecule has 1 heterocycles. The van der Waals surface area contributed by atoms with E-state index in [-0.39, 0.29) is 6.10 Å². The zero-order valence-electron chi connectivity index (χ0n) is 10.4. The number of nitrogens with one attached hydrogen (secondary N) is 1. The lowest BCUT2D eigenvalue weighted by atomic mass is 10.0. The molecule has 0 aliphatic heterocycles. The fraction of sp³-hybridized carbons (Fsp3) is 0.714. The monoisotopic (exact) mass is 253 g/mol. The number of aliphatic hydroxyl groups excluding tert-OH is 1. The summed E-state index contributed by atoms with van der Waals surface area (Å²) in [6.45, 7) is 1.76. The second-order valence-corrected chi connectivity index (χ2v) is 5.87. The first-order chi connectivity index (χ1) is 8.36. The molecular formula is C14H23NOS. The van der Waals surface area contributed by atoms with Gasteiger partial charge in [-0.3, -0.25) is 0 Å². The molecule has 0 bridgehead atoms. The van der Waals surface area contributed by atoms with Crippen molar-refractivity contribution >= 4 is 11.3 Å². The zero-order valence-corrected chi connectivity index (χ0v) is 11.2. The van der Waals surface area contributed by atoms with Crippen molar-refractivity contribution in [3.63, 3.8) is 0 Å². The highest BCUT2D eigenvalue weighted by Crippen LogP contribution is 2.22. The van der Waals surface area contributed by atoms with E-state index in [2.05, 4.69) is 5.32 Å². The molecule has 0 saturated heterocycles. The van der Waals surface area contributed by atoms with E-state index in [4.69, 9.17) is 0 Å². The molecule has 1 aliphatic rings. The van der Waals surface area contributed by atoms with E-state index < -0.39 is 0 Å². The smallest absolute Gasteiger partial charge is 0.0922 e. The van der Waals surface area contributed by atoms with Crippen LogP contribution in [0.3, 0.4) is 0 Å². The second kappa shape index (κ2) is 7.14. The molecule has 0 amide bonds. The van der Waals surface area contributed by atoms with Gasteiger partial charge in [0, 0.05) is 6.54 Å². The molecule has 3 heteroatoms. The minimum absolute atomic E-state index is 0.341. The molecule has 1 aliphatic carbocycles. The van der Waals surface area contributed by atoms with Crippen molar-refractivity contribution in [2.75, 3.05) is 13.1 Å². The maximum atomic E-state index is 9.94. The molecule has 0 aromatic carbocycles. The lowest BCUT2D eigenvalue weighted by Crippen LogP contribution is -2.27. The molecule has 17 heavy (non-hydrogen) atoms. The van der Waals surface area contributed by atoms with Gasteiger partial charge in [0.15, 0.2) is 0 Å². The predicted molar refractivity (Wildman–Crippen MR) is 73.3 cm³/mol. The van der Waals surface area contributed by atoms with Crippen LogP contribution < -0.4 is 5.32 Å². The van der Waals surface area contributed by atoms with Gasteiger partial charge in [-0.25, -0.2) is 0 Å². The van der Waals surface area contributed by atoms with Crippen LogP contribution in [-0.2, 0) is 0 Å². The third-order valence-electron chi connectivity index (χ3n) is 3.67. The lowest BCUT2D eigenvalue weighted by Gasteiger charge is -2.16. The quantitative estimate of drug-likeness (QED) is 0.789. The van der Waals surface area contributed by atoms with Gasteiger partial charge in [-0.05, 0) is 47.7 Å². The number of hydrogen-bond donors (Lipinski definition) is 2. The van der Waals surface area contributed by atoms with E-state index in [1.807, 2.05) is 16.8 Å². The largest absolute Gasteiger partial charge is 0.387 e. The SMILES string of the molecule is OC(CNCC1CCCCCC1)c1ccsc1. The predicted octanol–water partition coefficient (Wildman–Crippen LogP) is 3.34. The normalized spacial score (nSPS) is 20.1. The van der Waals surface area contributed by atoms with Crippen LogP contribution in [0.5, 0.6) is 0 Å². The first-order valence-corrected chi connectivity index (χ1v) is 7.71. The van der Waals surface area contributed by atoms with Crippen molar-refractivity contribution in [3.8, 4) is 0 Å². The van der Waals surface area contributed by atoms with Crippen LogP contribution in [-0.4, -0.2) is 18.2 Å². The Morgan fingerprint density at radius 2 is 2.06 bits per heavy atom. The molecule has 2 rings (SSSR count). The first-order valence-electron chi connectivity index (χ1n) is 6.77. The minimum atomic E-state index is -0.341. The molecule has 1 aromatic rings. The third-order valence-corrected chi connectivity index (χ3v) is 4.37. The number of aliphatic hydroxyl groups is 1. The Morgan fingerprint density at radius 1 is 1.29 bits per heavy atom. The Morgan fingerprint density at radius 3 is 2.71 bits per heavy atom. The van der Waals surface area contributed by atoms with E-state index in [0.717, 1.165) is 18.0 Å². The summed E-state index contributed by atoms with van der Waals surface area (Å²) in [5, 5.41) is 17.4. The van der Waals surface area contributed by atoms with Crippen LogP contribution in [0.15, 0.2) is 16.8 Å². The number of rotatable bonds is 5. The second-order valence-electron chi connectivity index (χ2n) is 5.09. The van der Waals surface area contributed by atoms with E-state index in [1.165, 1.54) is 38.5 Å². The highest BCUT2D eigenvalue weighted by Gasteiger charge is 2.13. The molecule has 2 N–H and O–H groups in total. The van der Waals surface area contributed by atoms with Crippen LogP contribution >= 0.6 is 11.3 Å². The molecule has 2 nitrogen and oxygen atoms in total. The molecule has 1 unspecified atom stereocenters. The van der Waals surface area contributed by atoms with Gasteiger partial charge in [0.25, 0.3) is 0 Å². The summed E-state index contributed by atoms with van der Waals surface area (Å²) >= 11 is 1.64. The van der Waals surface area contributed by atoms with E-state index in [9.17, 15) is 5.11 Å². The van der Waals surface area contributed by atoms with Crippen molar-refractivity contribution in [3.05, 3.63) is 22.4 Å². The lowest BCUT2D eigenvalue weighted by molar-refractivity contribution is 0.172. The van der Waals surface area contributed by atoms with Gasteiger partial charge >= 0.3 is 0 Å². The molecule has 1 atom stereocenters. The maximum Gasteiger partial charge on any atom is 0.0922 e. The summed E-state index contributed by atoms with van der Waals surface area (Å²) < 4.78 is 0. The summed E-state index contributed by atoms with van der Waals surface area (Å²) in [6.07, 6.45) is 7.98. The molecule has 1 fully saturated rings. The maximum absolute atomic E-state index is 9.94. The van der Waals surface area contributed by atoms with E-state index >= 15 is 0 Å². The van der Waals surface area contributed by atoms with Gasteiger partial charge in [0.2, 0.25) is 0 Å². The summed E-state index contributed by atoms with van der Waals surface area (Å²) in [4.78, 5) is 0. The Labute approximate surface area is 108 Å². The van der Waals surface area contributed by atoms with E-state index in [0.29, 0.717) is 6.54 Å². The molecule has 0 spiro atoms. The van der Waals surface area contributed by atoms with E-state index in [1.54, 1.807) is 11.3 Å². The Kier molecular flexibility index (Phi) is 5.49. The Balaban J connectivity index is 1.65. The molecular weight excluding hydrogens is 230 g/mol. The van der Waals surface area contributed by atoms with Gasteiger partial charge in [-0.2, -0.15) is 11.3 Å². The first kappa shape index (κ1) is 13.1. The Bertz CT molecular complexity index is 291. The van der Waals surface area contributed by atoms with Crippen molar-refractivity contribution in [1.29, 1.82) is 0 Å². The van der Waals surface area contributed by atoms with Crippen LogP contribution in [0.25, 0.3) is 0 Å². The minimum Gasteiger partial charge on any atom is -0.387 e. The average Bonchev–Trinajstić information content (AvgIpc) is 2.75. The summed E-state index contributed by atoms with van der Waals surface area (Å²) in [5.74, 6) is 0.826. The fourth-order valence-electron chi connectivity index (χ4n) is 2.57. The molecule has 1 saturated carbocycles. The van der Waals surface area contributed by atoms with Gasteiger partial charge in [-0.15, -0.1) is 0 Å². The van der Waals surface area contributed by atoms with Crippen LogP contribution in [0, 0.1) is 5.92 Å². The van der Waals surface area contributed by atoms with Crippen LogP contribution in [0.1, 0.15) is 50.2 Å². The molecule has 1 aromatic heterocycles. The van der Waals surface area contributed by atoms with Gasteiger partial charge in [-0.1, -0.05) is 25.7 Å². The fourth-order valence-corrected chi connectivity index (χ4v) is 3.28. The standard InChI is InChI=1S/C14H23NOS/c16-14(13-7-8-17-11-13)10-15-9-12-5-3-1-2-4-6-12/h7-8,11-12,14-16H,1-6,9-10H2. The highest BCUT2D eigenvalue weighted by atomic mass is 32.1. The highest BCUT2D eigenvalue weighted by molar-refractivity contribution is 7.07. The topological polar surface area (TPSA) is 32.3 Å². The number of hydrogen-bond acceptors (Lipinski definition) is 3. The molecule has 96 valence electrons. The summed E-state index contributed by atoms with van der Waals surface area (Å²) in [5.41, 5.74) is 1.04. The van der Waals surface area contributed by atoms with Gasteiger partial charge < -0.3 is 10.4 Å². The van der Waals surface area contributed by atoms with Crippen molar-refractivity contribution in [2.24, 2.45) is 5.92 Å². The molecule has 0 radical (unpaired) electrons. The average molecular weight is 253 g/mol. The number of thiophene rings is 1. The van der Waals surface area contributed by atoms with Crippen molar-refractivity contribution in [2.45, 2.75) is 44.6 Å². The van der Waals surface area contributed by atoms with Crippen LogP contribution in [0.2, 0.25) is 0 Å². The summed E-state index contributed by atoms with van der Waals surface area (Å²) in [6, 6.07) is 2.00. The van der Waals surface area contributed by atoms with Crippen molar-refractivity contribution in [1.82, 2.24) is 5.32 Å².